The average molecular weight is 369 g/mol. The zero-order chi connectivity index (χ0) is 19.5. The van der Waals surface area contributed by atoms with Gasteiger partial charge in [-0.2, -0.15) is 13.2 Å². The van der Waals surface area contributed by atoms with Gasteiger partial charge in [0, 0.05) is 18.3 Å². The summed E-state index contributed by atoms with van der Waals surface area (Å²) in [5, 5.41) is 9.88. The Balaban J connectivity index is 0.000000298. The van der Waals surface area contributed by atoms with Gasteiger partial charge in [0.05, 0.1) is 12.2 Å². The number of nitrogens with one attached hydrogen (secondary N) is 1. The Morgan fingerprint density at radius 2 is 1.85 bits per heavy atom. The summed E-state index contributed by atoms with van der Waals surface area (Å²) in [6.07, 6.45) is -3.63. The highest BCUT2D eigenvalue weighted by Gasteiger charge is 2.38. The molecule has 2 aromatic rings. The Labute approximate surface area is 145 Å². The van der Waals surface area contributed by atoms with Gasteiger partial charge in [0.25, 0.3) is 0 Å². The molecule has 0 radical (unpaired) electrons. The molecule has 138 valence electrons. The van der Waals surface area contributed by atoms with Crippen LogP contribution in [0.15, 0.2) is 30.6 Å². The molecule has 0 fully saturated rings. The zero-order valence-corrected chi connectivity index (χ0v) is 13.4. The summed E-state index contributed by atoms with van der Waals surface area (Å²) in [7, 11) is 1.85. The van der Waals surface area contributed by atoms with Crippen LogP contribution in [0.3, 0.4) is 0 Å². The molecule has 0 bridgehead atoms. The Bertz CT molecular complexity index is 824. The number of aliphatic carboxylic acids is 1. The predicted octanol–water partition coefficient (Wildman–Crippen LogP) is 1.75. The van der Waals surface area contributed by atoms with E-state index < -0.39 is 12.1 Å². The number of carbonyl (C=O) groups is 2. The van der Waals surface area contributed by atoms with Crippen molar-refractivity contribution in [3.63, 3.8) is 0 Å². The predicted molar refractivity (Wildman–Crippen MR) is 87.5 cm³/mol. The summed E-state index contributed by atoms with van der Waals surface area (Å²) < 4.78 is 31.7. The number of alkyl halides is 3. The first-order chi connectivity index (χ1) is 12.1. The summed E-state index contributed by atoms with van der Waals surface area (Å²) in [6, 6.07) is 7.46. The summed E-state index contributed by atoms with van der Waals surface area (Å²) in [5.41, 5.74) is 8.94. The number of halogens is 3. The van der Waals surface area contributed by atoms with Crippen LogP contribution in [-0.4, -0.2) is 46.7 Å². The van der Waals surface area contributed by atoms with Crippen LogP contribution in [0.25, 0.3) is 11.3 Å². The van der Waals surface area contributed by atoms with E-state index in [1.165, 1.54) is 6.33 Å². The second-order valence-electron chi connectivity index (χ2n) is 5.25. The maximum absolute atomic E-state index is 11.5. The molecule has 8 nitrogen and oxygen atoms in total. The lowest BCUT2D eigenvalue weighted by molar-refractivity contribution is -0.192. The van der Waals surface area contributed by atoms with Gasteiger partial charge < -0.3 is 21.1 Å². The minimum atomic E-state index is -5.08. The number of nitrogens with zero attached hydrogens (tertiary/aromatic N) is 3. The van der Waals surface area contributed by atoms with Gasteiger partial charge in [0.2, 0.25) is 5.91 Å². The number of carboxylic acid groups (broad SMARTS) is 1. The largest absolute Gasteiger partial charge is 0.490 e. The van der Waals surface area contributed by atoms with Crippen molar-refractivity contribution < 1.29 is 27.9 Å². The fraction of sp³-hybridized carbons (Fsp3) is 0.200. The van der Waals surface area contributed by atoms with Crippen molar-refractivity contribution in [3.8, 4) is 11.3 Å². The molecule has 0 unspecified atom stereocenters. The number of hydrogen-bond donors (Lipinski definition) is 3. The first kappa shape index (κ1) is 19.0. The molecular weight excluding hydrogens is 355 g/mol. The normalized spacial score (nSPS) is 13.2. The highest BCUT2D eigenvalue weighted by atomic mass is 19.4. The summed E-state index contributed by atoms with van der Waals surface area (Å²) in [5.74, 6) is -2.29. The standard InChI is InChI=1S/C13H13N5O.C2HF3O2/c1-18-6-10(19)17-13-12(18)11(15-7-16-13)8-2-4-9(14)5-3-8;3-2(4,5)1(6)7/h2-5,7H,6,14H2,1H3,(H,15,16,17,19);(H,6,7). The third-order valence-electron chi connectivity index (χ3n) is 3.27. The number of fused-ring (bicyclic) bond motifs is 1. The first-order valence-corrected chi connectivity index (χ1v) is 7.11. The molecular formula is C15H14F3N5O3. The molecule has 26 heavy (non-hydrogen) atoms. The fourth-order valence-corrected chi connectivity index (χ4v) is 2.15. The van der Waals surface area contributed by atoms with Gasteiger partial charge in [-0.3, -0.25) is 4.79 Å². The van der Waals surface area contributed by atoms with Crippen molar-refractivity contribution in [2.75, 3.05) is 29.5 Å². The second-order valence-corrected chi connectivity index (χ2v) is 5.25. The molecule has 0 atom stereocenters. The van der Waals surface area contributed by atoms with Crippen LogP contribution in [0.5, 0.6) is 0 Å². The van der Waals surface area contributed by atoms with E-state index in [2.05, 4.69) is 15.3 Å². The molecule has 1 aliphatic rings. The maximum atomic E-state index is 11.5. The van der Waals surface area contributed by atoms with Crippen LogP contribution < -0.4 is 16.0 Å². The number of nitrogens with two attached hydrogens (primary N) is 1. The van der Waals surface area contributed by atoms with E-state index in [-0.39, 0.29) is 5.91 Å². The lowest BCUT2D eigenvalue weighted by Gasteiger charge is -2.27. The molecule has 0 saturated carbocycles. The van der Waals surface area contributed by atoms with Crippen molar-refractivity contribution in [3.05, 3.63) is 30.6 Å². The number of nitrogen functional groups attached to an aromatic ring is 1. The van der Waals surface area contributed by atoms with Crippen LogP contribution in [-0.2, 0) is 9.59 Å². The maximum Gasteiger partial charge on any atom is 0.490 e. The average Bonchev–Trinajstić information content (AvgIpc) is 2.54. The van der Waals surface area contributed by atoms with E-state index in [4.69, 9.17) is 15.6 Å². The number of hydrogen-bond acceptors (Lipinski definition) is 6. The fourth-order valence-electron chi connectivity index (χ4n) is 2.15. The number of anilines is 3. The van der Waals surface area contributed by atoms with Crippen molar-refractivity contribution in [1.82, 2.24) is 9.97 Å². The molecule has 1 aromatic heterocycles. The highest BCUT2D eigenvalue weighted by Crippen LogP contribution is 2.35. The molecule has 0 saturated heterocycles. The SMILES string of the molecule is CN1CC(=O)Nc2ncnc(-c3ccc(N)cc3)c21.O=C(O)C(F)(F)F. The van der Waals surface area contributed by atoms with Gasteiger partial charge in [0.1, 0.15) is 12.0 Å². The minimum Gasteiger partial charge on any atom is -0.475 e. The topological polar surface area (TPSA) is 121 Å². The number of carbonyl (C=O) groups excluding carboxylic acids is 1. The van der Waals surface area contributed by atoms with E-state index in [9.17, 15) is 18.0 Å². The zero-order valence-electron chi connectivity index (χ0n) is 13.4. The van der Waals surface area contributed by atoms with Crippen LogP contribution in [0.4, 0.5) is 30.4 Å². The molecule has 3 rings (SSSR count). The molecule has 0 spiro atoms. The first-order valence-electron chi connectivity index (χ1n) is 7.11. The van der Waals surface area contributed by atoms with E-state index in [0.717, 1.165) is 16.9 Å². The Hall–Kier alpha value is -3.37. The number of likely N-dealkylation sites (N-methyl/N-ethyl adjacent to an activating group) is 1. The number of carboxylic acids is 1. The minimum absolute atomic E-state index is 0.0723. The van der Waals surface area contributed by atoms with Crippen LogP contribution in [0, 0.1) is 0 Å². The van der Waals surface area contributed by atoms with Gasteiger partial charge in [-0.25, -0.2) is 14.8 Å². The van der Waals surface area contributed by atoms with Crippen molar-refractivity contribution in [1.29, 1.82) is 0 Å². The number of rotatable bonds is 1. The quantitative estimate of drug-likeness (QED) is 0.655. The molecule has 1 amide bonds. The molecule has 0 aliphatic carbocycles. The molecule has 2 heterocycles. The van der Waals surface area contributed by atoms with Crippen LogP contribution in [0.1, 0.15) is 0 Å². The van der Waals surface area contributed by atoms with Crippen molar-refractivity contribution in [2.24, 2.45) is 0 Å². The van der Waals surface area contributed by atoms with Gasteiger partial charge >= 0.3 is 12.1 Å². The number of amides is 1. The molecule has 1 aromatic carbocycles. The lowest BCUT2D eigenvalue weighted by atomic mass is 10.1. The summed E-state index contributed by atoms with van der Waals surface area (Å²) >= 11 is 0. The Kier molecular flexibility index (Phi) is 5.29. The van der Waals surface area contributed by atoms with E-state index >= 15 is 0 Å². The molecule has 1 aliphatic heterocycles. The number of aromatic nitrogens is 2. The third-order valence-corrected chi connectivity index (χ3v) is 3.27. The van der Waals surface area contributed by atoms with E-state index in [1.807, 2.05) is 36.2 Å². The third kappa shape index (κ3) is 4.37. The van der Waals surface area contributed by atoms with Gasteiger partial charge in [-0.15, -0.1) is 0 Å². The monoisotopic (exact) mass is 369 g/mol. The Morgan fingerprint density at radius 1 is 1.27 bits per heavy atom. The van der Waals surface area contributed by atoms with Crippen molar-refractivity contribution in [2.45, 2.75) is 6.18 Å². The highest BCUT2D eigenvalue weighted by molar-refractivity contribution is 6.02. The summed E-state index contributed by atoms with van der Waals surface area (Å²) in [6.45, 7) is 0.294. The van der Waals surface area contributed by atoms with Crippen molar-refractivity contribution >= 4 is 29.1 Å². The second kappa shape index (κ2) is 7.25. The molecule has 4 N–H and O–H groups in total. The van der Waals surface area contributed by atoms with Gasteiger partial charge in [-0.1, -0.05) is 12.1 Å². The van der Waals surface area contributed by atoms with Gasteiger partial charge in [-0.05, 0) is 12.1 Å². The van der Waals surface area contributed by atoms with E-state index in [1.54, 1.807) is 0 Å². The number of benzene rings is 1. The summed E-state index contributed by atoms with van der Waals surface area (Å²) in [4.78, 5) is 30.7. The van der Waals surface area contributed by atoms with Gasteiger partial charge in [0.15, 0.2) is 5.82 Å². The Morgan fingerprint density at radius 3 is 2.38 bits per heavy atom. The lowest BCUT2D eigenvalue weighted by Crippen LogP contribution is -2.36. The van der Waals surface area contributed by atoms with E-state index in [0.29, 0.717) is 18.1 Å². The smallest absolute Gasteiger partial charge is 0.475 e. The van der Waals surface area contributed by atoms with Crippen LogP contribution >= 0.6 is 0 Å². The molecule has 11 heteroatoms. The van der Waals surface area contributed by atoms with Crippen LogP contribution in [0.2, 0.25) is 0 Å².